The number of aryl methyl sites for hydroxylation is 2. The Morgan fingerprint density at radius 3 is 2.89 bits per heavy atom. The highest BCUT2D eigenvalue weighted by molar-refractivity contribution is 5.90. The molecule has 144 valence electrons. The van der Waals surface area contributed by atoms with Crippen LogP contribution in [0.1, 0.15) is 35.8 Å². The van der Waals surface area contributed by atoms with Crippen LogP contribution in [0.5, 0.6) is 0 Å². The molecular formula is C19H23N9. The largest absolute Gasteiger partial charge is 0.350 e. The lowest BCUT2D eigenvalue weighted by molar-refractivity contribution is 0.255. The van der Waals surface area contributed by atoms with Gasteiger partial charge in [-0.15, -0.1) is 10.2 Å². The molecule has 1 atom stereocenters. The molecule has 3 aromatic rings. The SMILES string of the molecule is Cc1cc2c(cc1C)N(CCN1CCC[C@H]1c1nn[nH]n1)c1ncncc1N2. The number of hydrogen-bond acceptors (Lipinski definition) is 8. The van der Waals surface area contributed by atoms with Gasteiger partial charge in [0.05, 0.1) is 23.6 Å². The molecule has 5 rings (SSSR count). The highest BCUT2D eigenvalue weighted by atomic mass is 15.5. The first kappa shape index (κ1) is 17.1. The molecule has 28 heavy (non-hydrogen) atoms. The van der Waals surface area contributed by atoms with Crippen molar-refractivity contribution < 1.29 is 0 Å². The minimum absolute atomic E-state index is 0.228. The average Bonchev–Trinajstić information content (AvgIpc) is 3.38. The highest BCUT2D eigenvalue weighted by Gasteiger charge is 2.31. The first-order valence-electron chi connectivity index (χ1n) is 9.64. The van der Waals surface area contributed by atoms with Crippen LogP contribution in [-0.2, 0) is 0 Å². The Kier molecular flexibility index (Phi) is 4.16. The molecule has 2 aliphatic rings. The van der Waals surface area contributed by atoms with Gasteiger partial charge in [-0.25, -0.2) is 9.97 Å². The zero-order valence-corrected chi connectivity index (χ0v) is 16.1. The molecule has 0 unspecified atom stereocenters. The second-order valence-electron chi connectivity index (χ2n) is 7.45. The molecule has 2 aromatic heterocycles. The second kappa shape index (κ2) is 6.83. The summed E-state index contributed by atoms with van der Waals surface area (Å²) in [5.74, 6) is 1.70. The van der Waals surface area contributed by atoms with Gasteiger partial charge in [-0.1, -0.05) is 5.21 Å². The van der Waals surface area contributed by atoms with Crippen molar-refractivity contribution in [2.75, 3.05) is 29.9 Å². The minimum atomic E-state index is 0.228. The van der Waals surface area contributed by atoms with Crippen LogP contribution in [0.3, 0.4) is 0 Å². The van der Waals surface area contributed by atoms with Crippen LogP contribution in [0, 0.1) is 13.8 Å². The van der Waals surface area contributed by atoms with E-state index in [0.29, 0.717) is 0 Å². The van der Waals surface area contributed by atoms with Gasteiger partial charge in [0.2, 0.25) is 0 Å². The highest BCUT2D eigenvalue weighted by Crippen LogP contribution is 2.43. The van der Waals surface area contributed by atoms with Crippen LogP contribution in [0.4, 0.5) is 22.9 Å². The number of hydrogen-bond donors (Lipinski definition) is 2. The van der Waals surface area contributed by atoms with E-state index in [1.165, 1.54) is 11.1 Å². The van der Waals surface area contributed by atoms with E-state index in [1.54, 1.807) is 6.33 Å². The number of fused-ring (bicyclic) bond motifs is 2. The zero-order chi connectivity index (χ0) is 19.1. The van der Waals surface area contributed by atoms with Gasteiger partial charge >= 0.3 is 0 Å². The number of H-pyrrole nitrogens is 1. The van der Waals surface area contributed by atoms with E-state index in [0.717, 1.165) is 61.2 Å². The van der Waals surface area contributed by atoms with E-state index in [1.807, 2.05) is 6.20 Å². The molecule has 0 spiro atoms. The number of aromatic nitrogens is 6. The number of nitrogens with one attached hydrogen (secondary N) is 2. The standard InChI is InChI=1S/C19H23N9/c1-12-8-14-17(9-13(12)2)28(19-15(22-14)10-20-11-21-19)7-6-27-5-3-4-16(27)18-23-25-26-24-18/h8-11,16,22H,3-7H2,1-2H3,(H,23,24,25,26)/t16-/m0/s1. The summed E-state index contributed by atoms with van der Waals surface area (Å²) in [6.45, 7) is 7.06. The fourth-order valence-corrected chi connectivity index (χ4v) is 4.16. The fourth-order valence-electron chi connectivity index (χ4n) is 4.16. The third-order valence-corrected chi connectivity index (χ3v) is 5.75. The van der Waals surface area contributed by atoms with Gasteiger partial charge in [0.1, 0.15) is 12.0 Å². The molecule has 0 bridgehead atoms. The lowest BCUT2D eigenvalue weighted by Gasteiger charge is -2.34. The molecule has 9 nitrogen and oxygen atoms in total. The summed E-state index contributed by atoms with van der Waals surface area (Å²) in [5.41, 5.74) is 5.73. The summed E-state index contributed by atoms with van der Waals surface area (Å²) in [7, 11) is 0. The summed E-state index contributed by atoms with van der Waals surface area (Å²) < 4.78 is 0. The Bertz CT molecular complexity index is 985. The Morgan fingerprint density at radius 2 is 2.04 bits per heavy atom. The number of anilines is 4. The van der Waals surface area contributed by atoms with Crippen molar-refractivity contribution in [1.82, 2.24) is 35.5 Å². The lowest BCUT2D eigenvalue weighted by atomic mass is 10.0. The van der Waals surface area contributed by atoms with Crippen molar-refractivity contribution in [3.63, 3.8) is 0 Å². The smallest absolute Gasteiger partial charge is 0.191 e. The maximum absolute atomic E-state index is 4.56. The zero-order valence-electron chi connectivity index (χ0n) is 16.1. The van der Waals surface area contributed by atoms with Crippen LogP contribution < -0.4 is 10.2 Å². The molecule has 4 heterocycles. The van der Waals surface area contributed by atoms with Crippen LogP contribution in [0.25, 0.3) is 0 Å². The first-order chi connectivity index (χ1) is 13.7. The van der Waals surface area contributed by atoms with E-state index in [2.05, 4.69) is 71.7 Å². The molecular weight excluding hydrogens is 354 g/mol. The van der Waals surface area contributed by atoms with Gasteiger partial charge in [0, 0.05) is 13.1 Å². The lowest BCUT2D eigenvalue weighted by Crippen LogP contribution is -2.35. The van der Waals surface area contributed by atoms with Gasteiger partial charge in [-0.2, -0.15) is 5.21 Å². The van der Waals surface area contributed by atoms with Crippen molar-refractivity contribution in [1.29, 1.82) is 0 Å². The predicted molar refractivity (Wildman–Crippen MR) is 106 cm³/mol. The molecule has 9 heteroatoms. The average molecular weight is 377 g/mol. The van der Waals surface area contributed by atoms with Gasteiger partial charge in [0.25, 0.3) is 0 Å². The van der Waals surface area contributed by atoms with Crippen LogP contribution in [0.15, 0.2) is 24.7 Å². The maximum atomic E-state index is 4.56. The Hall–Kier alpha value is -3.07. The second-order valence-corrected chi connectivity index (χ2v) is 7.45. The molecule has 0 saturated carbocycles. The van der Waals surface area contributed by atoms with Crippen LogP contribution in [-0.4, -0.2) is 55.1 Å². The van der Waals surface area contributed by atoms with E-state index >= 15 is 0 Å². The molecule has 1 aromatic carbocycles. The summed E-state index contributed by atoms with van der Waals surface area (Å²) >= 11 is 0. The first-order valence-corrected chi connectivity index (χ1v) is 9.64. The summed E-state index contributed by atoms with van der Waals surface area (Å²) in [6.07, 6.45) is 5.66. The number of likely N-dealkylation sites (tertiary alicyclic amines) is 1. The van der Waals surface area contributed by atoms with Gasteiger partial charge < -0.3 is 10.2 Å². The molecule has 0 aliphatic carbocycles. The summed E-state index contributed by atoms with van der Waals surface area (Å²) in [5, 5.41) is 18.2. The van der Waals surface area contributed by atoms with Gasteiger partial charge in [-0.3, -0.25) is 4.90 Å². The van der Waals surface area contributed by atoms with Gasteiger partial charge in [0.15, 0.2) is 11.6 Å². The molecule has 2 aliphatic heterocycles. The Balaban J connectivity index is 1.44. The van der Waals surface area contributed by atoms with E-state index < -0.39 is 0 Å². The quantitative estimate of drug-likeness (QED) is 0.716. The third kappa shape index (κ3) is 2.88. The van der Waals surface area contributed by atoms with Crippen molar-refractivity contribution in [3.05, 3.63) is 41.6 Å². The number of aromatic amines is 1. The number of tetrazole rings is 1. The van der Waals surface area contributed by atoms with Crippen LogP contribution >= 0.6 is 0 Å². The third-order valence-electron chi connectivity index (χ3n) is 5.75. The Morgan fingerprint density at radius 1 is 1.14 bits per heavy atom. The van der Waals surface area contributed by atoms with Crippen molar-refractivity contribution in [3.8, 4) is 0 Å². The summed E-state index contributed by atoms with van der Waals surface area (Å²) in [6, 6.07) is 4.67. The monoisotopic (exact) mass is 377 g/mol. The molecule has 2 N–H and O–H groups in total. The van der Waals surface area contributed by atoms with Crippen molar-refractivity contribution in [2.45, 2.75) is 32.7 Å². The molecule has 0 radical (unpaired) electrons. The van der Waals surface area contributed by atoms with Crippen LogP contribution in [0.2, 0.25) is 0 Å². The number of benzene rings is 1. The van der Waals surface area contributed by atoms with Crippen molar-refractivity contribution >= 4 is 22.9 Å². The fraction of sp³-hybridized carbons (Fsp3) is 0.421. The number of nitrogens with zero attached hydrogens (tertiary/aromatic N) is 7. The van der Waals surface area contributed by atoms with Gasteiger partial charge in [-0.05, 0) is 56.5 Å². The molecule has 1 fully saturated rings. The Labute approximate surface area is 163 Å². The topological polar surface area (TPSA) is 98.8 Å². The minimum Gasteiger partial charge on any atom is -0.350 e. The number of rotatable bonds is 4. The predicted octanol–water partition coefficient (Wildman–Crippen LogP) is 2.64. The van der Waals surface area contributed by atoms with E-state index in [9.17, 15) is 0 Å². The van der Waals surface area contributed by atoms with E-state index in [4.69, 9.17) is 0 Å². The normalized spacial score (nSPS) is 18.6. The molecule has 1 saturated heterocycles. The maximum Gasteiger partial charge on any atom is 0.191 e. The molecule has 0 amide bonds. The summed E-state index contributed by atoms with van der Waals surface area (Å²) in [4.78, 5) is 13.5. The van der Waals surface area contributed by atoms with Crippen molar-refractivity contribution in [2.24, 2.45) is 0 Å². The van der Waals surface area contributed by atoms with E-state index in [-0.39, 0.29) is 6.04 Å².